The first-order valence-corrected chi connectivity index (χ1v) is 24.5. The average Bonchev–Trinajstić information content (AvgIpc) is 3.26. The summed E-state index contributed by atoms with van der Waals surface area (Å²) in [4.78, 5) is 154. The fourth-order valence-corrected chi connectivity index (χ4v) is 6.79. The molecule has 29 heteroatoms. The van der Waals surface area contributed by atoms with E-state index in [1.165, 1.54) is 25.6 Å². The van der Waals surface area contributed by atoms with E-state index in [1.54, 1.807) is 34.0 Å². The van der Waals surface area contributed by atoms with Crippen LogP contribution in [0.25, 0.3) is 0 Å². The van der Waals surface area contributed by atoms with Gasteiger partial charge in [-0.05, 0) is 50.5 Å². The molecule has 0 aromatic rings. The lowest BCUT2D eigenvalue weighted by Crippen LogP contribution is -2.62. The highest BCUT2D eigenvalue weighted by atomic mass is 32.2. The fraction of sp³-hybridized carbons (Fsp3) is 0.692. The molecule has 0 aliphatic heterocycles. The number of carboxylic acid groups (broad SMARTS) is 2. The number of primary amides is 1. The zero-order valence-corrected chi connectivity index (χ0v) is 42.3. The van der Waals surface area contributed by atoms with Crippen LogP contribution in [-0.4, -0.2) is 171 Å². The first-order valence-electron chi connectivity index (χ1n) is 21.2. The van der Waals surface area contributed by atoms with E-state index in [0.29, 0.717) is 5.75 Å². The molecule has 0 saturated heterocycles. The second kappa shape index (κ2) is 31.9. The van der Waals surface area contributed by atoms with Crippen molar-refractivity contribution in [2.45, 2.75) is 128 Å². The summed E-state index contributed by atoms with van der Waals surface area (Å²) < 4.78 is 0. The average molecular weight is 1040 g/mol. The van der Waals surface area contributed by atoms with Crippen LogP contribution in [0.2, 0.25) is 0 Å². The van der Waals surface area contributed by atoms with Crippen molar-refractivity contribution >= 4 is 121 Å². The Morgan fingerprint density at radius 3 is 1.28 bits per heavy atom. The molecule has 0 saturated carbocycles. The van der Waals surface area contributed by atoms with Gasteiger partial charge in [0.25, 0.3) is 0 Å². The minimum atomic E-state index is -1.69. The number of carbonyl (C=O) groups is 12. The summed E-state index contributed by atoms with van der Waals surface area (Å²) >= 11 is 13.2. The molecule has 0 radical (unpaired) electrons. The molecule has 25 nitrogen and oxygen atoms in total. The summed E-state index contributed by atoms with van der Waals surface area (Å²) in [6, 6.07) is -13.6. The third kappa shape index (κ3) is 22.9. The molecule has 10 amide bonds. The molecule has 0 aliphatic rings. The molecule has 68 heavy (non-hydrogen) atoms. The van der Waals surface area contributed by atoms with E-state index >= 15 is 0 Å². The highest BCUT2D eigenvalue weighted by Gasteiger charge is 2.36. The van der Waals surface area contributed by atoms with Gasteiger partial charge in [0.05, 0.1) is 12.5 Å². The minimum absolute atomic E-state index is 0.00133. The molecule has 0 bridgehead atoms. The van der Waals surface area contributed by atoms with E-state index in [0.717, 1.165) is 0 Å². The Balaban J connectivity index is 6.29. The summed E-state index contributed by atoms with van der Waals surface area (Å²) in [5.41, 5.74) is 11.0. The van der Waals surface area contributed by atoms with Gasteiger partial charge < -0.3 is 69.5 Å². The lowest BCUT2D eigenvalue weighted by Gasteiger charge is -2.29. The van der Waals surface area contributed by atoms with Crippen molar-refractivity contribution in [2.24, 2.45) is 23.3 Å². The Morgan fingerprint density at radius 2 is 0.868 bits per heavy atom. The number of hydrogen-bond donors (Lipinski definition) is 16. The number of aliphatic carboxylic acids is 2. The number of thioether (sulfide) groups is 1. The number of nitrogens with two attached hydrogens (primary N) is 2. The smallest absolute Gasteiger partial charge is 0.327 e. The van der Waals surface area contributed by atoms with Crippen molar-refractivity contribution < 1.29 is 67.7 Å². The maximum Gasteiger partial charge on any atom is 0.327 e. The van der Waals surface area contributed by atoms with E-state index in [-0.39, 0.29) is 23.7 Å². The maximum atomic E-state index is 13.9. The predicted octanol–water partition coefficient (Wildman–Crippen LogP) is -4.60. The normalized spacial score (nSPS) is 15.5. The first-order chi connectivity index (χ1) is 31.6. The van der Waals surface area contributed by atoms with Gasteiger partial charge in [0.1, 0.15) is 54.4 Å². The van der Waals surface area contributed by atoms with Gasteiger partial charge in [-0.2, -0.15) is 49.6 Å². The van der Waals surface area contributed by atoms with Crippen molar-refractivity contribution in [3.8, 4) is 0 Å². The van der Waals surface area contributed by atoms with E-state index < -0.39 is 163 Å². The van der Waals surface area contributed by atoms with Gasteiger partial charge in [-0.1, -0.05) is 27.7 Å². The molecule has 0 unspecified atom stereocenters. The quantitative estimate of drug-likeness (QED) is 0.0282. The molecule has 0 spiro atoms. The summed E-state index contributed by atoms with van der Waals surface area (Å²) in [6.45, 7) is 8.83. The fourth-order valence-electron chi connectivity index (χ4n) is 5.65. The summed E-state index contributed by atoms with van der Waals surface area (Å²) in [7, 11) is 0. The Morgan fingerprint density at radius 1 is 0.485 bits per heavy atom. The van der Waals surface area contributed by atoms with E-state index in [9.17, 15) is 67.7 Å². The van der Waals surface area contributed by atoms with E-state index in [4.69, 9.17) is 11.5 Å². The molecule has 0 heterocycles. The van der Waals surface area contributed by atoms with Crippen LogP contribution in [0.5, 0.6) is 0 Å². The van der Waals surface area contributed by atoms with Crippen molar-refractivity contribution in [3.63, 3.8) is 0 Å². The van der Waals surface area contributed by atoms with Crippen LogP contribution in [0.4, 0.5) is 0 Å². The lowest BCUT2D eigenvalue weighted by atomic mass is 10.00. The largest absolute Gasteiger partial charge is 0.481 e. The zero-order valence-electron chi connectivity index (χ0n) is 38.8. The summed E-state index contributed by atoms with van der Waals surface area (Å²) in [5.74, 6) is -13.5. The number of carboxylic acids is 2. The molecule has 0 rings (SSSR count). The number of nitrogens with one attached hydrogen (secondary N) is 9. The summed E-state index contributed by atoms with van der Waals surface area (Å²) in [5, 5.41) is 40.2. The van der Waals surface area contributed by atoms with Gasteiger partial charge in [-0.3, -0.25) is 52.7 Å². The zero-order chi connectivity index (χ0) is 52.6. The number of hydrogen-bond acceptors (Lipinski definition) is 17. The number of rotatable bonds is 32. The Bertz CT molecular complexity index is 1810. The van der Waals surface area contributed by atoms with Gasteiger partial charge in [-0.25, -0.2) is 4.79 Å². The Hall–Kier alpha value is -5.00. The van der Waals surface area contributed by atoms with Gasteiger partial charge in [0, 0.05) is 23.7 Å². The van der Waals surface area contributed by atoms with Gasteiger partial charge in [-0.15, -0.1) is 0 Å². The second-order valence-electron chi connectivity index (χ2n) is 16.1. The molecule has 0 aliphatic carbocycles. The van der Waals surface area contributed by atoms with Gasteiger partial charge >= 0.3 is 11.9 Å². The predicted molar refractivity (Wildman–Crippen MR) is 259 cm³/mol. The van der Waals surface area contributed by atoms with Crippen LogP contribution in [0, 0.1) is 11.8 Å². The molecule has 0 aromatic carbocycles. The molecule has 0 fully saturated rings. The van der Waals surface area contributed by atoms with Crippen LogP contribution in [0.15, 0.2) is 0 Å². The van der Waals surface area contributed by atoms with Gasteiger partial charge in [0.2, 0.25) is 59.1 Å². The maximum absolute atomic E-state index is 13.9. The van der Waals surface area contributed by atoms with E-state index in [1.807, 2.05) is 0 Å². The van der Waals surface area contributed by atoms with Crippen LogP contribution in [0.3, 0.4) is 0 Å². The number of carbonyl (C=O) groups excluding carboxylic acids is 10. The third-order valence-corrected chi connectivity index (χ3v) is 11.5. The van der Waals surface area contributed by atoms with Crippen molar-refractivity contribution in [1.82, 2.24) is 47.9 Å². The van der Waals surface area contributed by atoms with Crippen LogP contribution >= 0.6 is 49.6 Å². The number of amides is 10. The lowest BCUT2D eigenvalue weighted by molar-refractivity contribution is -0.141. The molecule has 15 N–H and O–H groups in total. The molecular weight excluding hydrogens is 975 g/mol. The van der Waals surface area contributed by atoms with Crippen LogP contribution in [-0.2, 0) is 57.5 Å². The summed E-state index contributed by atoms with van der Waals surface area (Å²) in [6.07, 6.45) is -0.0654. The minimum Gasteiger partial charge on any atom is -0.481 e. The van der Waals surface area contributed by atoms with Crippen LogP contribution in [0.1, 0.15) is 67.2 Å². The van der Waals surface area contributed by atoms with Crippen molar-refractivity contribution in [1.29, 1.82) is 0 Å². The van der Waals surface area contributed by atoms with E-state index in [2.05, 4.69) is 85.7 Å². The standard InChI is InChI=1S/C39H67N11O14S4/c1-16(2)28(49-33(57)21(8-9-27(52)53)44-31(55)19(6)42-30(54)18(5)43-32(56)20(40)13-65)37(61)45-22(10-11-68-7)34(58)50-29(17(3)4)38(62)46-23(12-26(41)51)35(59)47-24(14-66)36(60)48-25(15-67)39(63)64/h16-25,28-29,65-67H,8-15,40H2,1-7H3,(H2,41,51)(H,42,54)(H,43,56)(H,44,55)(H,45,61)(H,46,62)(H,47,59)(H,48,60)(H,49,57)(H,50,58)(H,52,53)(H,63,64)/t18-,19-,20-,21-,22-,23-,24-,25-,28-,29-/m0/s1. The first kappa shape index (κ1) is 63.0. The Kier molecular flexibility index (Phi) is 29.6. The third-order valence-electron chi connectivity index (χ3n) is 9.71. The Labute approximate surface area is 414 Å². The van der Waals surface area contributed by atoms with Gasteiger partial charge in [0.15, 0.2) is 0 Å². The molecular formula is C39H67N11O14S4. The van der Waals surface area contributed by atoms with Crippen molar-refractivity contribution in [3.05, 3.63) is 0 Å². The number of thiol groups is 3. The molecule has 0 aromatic heterocycles. The van der Waals surface area contributed by atoms with Crippen molar-refractivity contribution in [2.75, 3.05) is 29.3 Å². The highest BCUT2D eigenvalue weighted by molar-refractivity contribution is 7.98. The topological polar surface area (TPSA) is 406 Å². The SMILES string of the molecule is CSCC[C@H](NC(=O)[C@@H](NC(=O)[C@H](CCC(=O)O)NC(=O)[C@H](C)NC(=O)[C@H](C)NC(=O)[C@@H](N)CS)C(C)C)C(=O)N[C@H](C(=O)N[C@@H](CC(N)=O)C(=O)N[C@@H](CS)C(=O)N[C@@H](CS)C(=O)O)C(C)C. The van der Waals surface area contributed by atoms with Crippen LogP contribution < -0.4 is 59.3 Å². The molecule has 386 valence electrons. The molecule has 10 atom stereocenters. The monoisotopic (exact) mass is 1040 g/mol. The highest BCUT2D eigenvalue weighted by Crippen LogP contribution is 2.11. The second-order valence-corrected chi connectivity index (χ2v) is 18.2.